The standard InChI is InChI=1S/C7H6F4N2O/c1-3-2-4(14)13-6(12-3)7(10,11)5(8)9/h2,5H,1H3,(H,12,13,14). The first kappa shape index (κ1) is 10.7. The molecule has 0 aliphatic rings. The molecule has 0 radical (unpaired) electrons. The van der Waals surface area contributed by atoms with Crippen molar-refractivity contribution >= 4 is 0 Å². The zero-order chi connectivity index (χ0) is 10.9. The molecule has 1 aromatic rings. The highest BCUT2D eigenvalue weighted by molar-refractivity contribution is 5.05. The van der Waals surface area contributed by atoms with Crippen molar-refractivity contribution in [3.05, 3.63) is 27.9 Å². The fourth-order valence-corrected chi connectivity index (χ4v) is 0.840. The number of rotatable bonds is 2. The van der Waals surface area contributed by atoms with Gasteiger partial charge in [0.25, 0.3) is 5.56 Å². The summed E-state index contributed by atoms with van der Waals surface area (Å²) in [6.45, 7) is 1.26. The number of aromatic amines is 1. The average Bonchev–Trinajstić information content (AvgIpc) is 2.01. The normalized spacial score (nSPS) is 12.1. The first-order valence-electron chi connectivity index (χ1n) is 3.58. The second kappa shape index (κ2) is 3.39. The van der Waals surface area contributed by atoms with Crippen molar-refractivity contribution in [2.75, 3.05) is 0 Å². The lowest BCUT2D eigenvalue weighted by Gasteiger charge is -2.13. The van der Waals surface area contributed by atoms with Crippen LogP contribution in [0, 0.1) is 6.92 Å². The van der Waals surface area contributed by atoms with Crippen molar-refractivity contribution in [2.45, 2.75) is 19.3 Å². The second-order valence-electron chi connectivity index (χ2n) is 2.66. The van der Waals surface area contributed by atoms with Gasteiger partial charge >= 0.3 is 12.3 Å². The Morgan fingerprint density at radius 2 is 2.07 bits per heavy atom. The van der Waals surface area contributed by atoms with Crippen molar-refractivity contribution in [3.8, 4) is 0 Å². The van der Waals surface area contributed by atoms with E-state index in [1.54, 1.807) is 4.98 Å². The summed E-state index contributed by atoms with van der Waals surface area (Å²) in [6, 6.07) is 0.936. The van der Waals surface area contributed by atoms with Gasteiger partial charge in [-0.1, -0.05) is 0 Å². The molecule has 1 heterocycles. The van der Waals surface area contributed by atoms with Crippen molar-refractivity contribution < 1.29 is 17.6 Å². The van der Waals surface area contributed by atoms with Crippen LogP contribution >= 0.6 is 0 Å². The summed E-state index contributed by atoms with van der Waals surface area (Å²) >= 11 is 0. The van der Waals surface area contributed by atoms with Gasteiger partial charge in [0, 0.05) is 11.8 Å². The molecule has 0 fully saturated rings. The van der Waals surface area contributed by atoms with E-state index in [9.17, 15) is 22.4 Å². The van der Waals surface area contributed by atoms with Crippen LogP contribution in [-0.4, -0.2) is 16.4 Å². The van der Waals surface area contributed by atoms with Crippen LogP contribution in [0.25, 0.3) is 0 Å². The van der Waals surface area contributed by atoms with Gasteiger partial charge in [-0.25, -0.2) is 13.8 Å². The predicted molar refractivity (Wildman–Crippen MR) is 39.5 cm³/mol. The molecule has 0 unspecified atom stereocenters. The maximum Gasteiger partial charge on any atom is 0.363 e. The van der Waals surface area contributed by atoms with Crippen molar-refractivity contribution in [1.82, 2.24) is 9.97 Å². The van der Waals surface area contributed by atoms with Gasteiger partial charge in [0.05, 0.1) is 0 Å². The highest BCUT2D eigenvalue weighted by Gasteiger charge is 2.45. The highest BCUT2D eigenvalue weighted by atomic mass is 19.3. The molecule has 0 saturated heterocycles. The van der Waals surface area contributed by atoms with Crippen LogP contribution < -0.4 is 5.56 Å². The van der Waals surface area contributed by atoms with Crippen LogP contribution in [0.3, 0.4) is 0 Å². The largest absolute Gasteiger partial charge is 0.363 e. The Morgan fingerprint density at radius 3 is 2.50 bits per heavy atom. The van der Waals surface area contributed by atoms with E-state index < -0.39 is 23.7 Å². The molecule has 78 valence electrons. The molecule has 1 rings (SSSR count). The second-order valence-corrected chi connectivity index (χ2v) is 2.66. The van der Waals surface area contributed by atoms with Crippen molar-refractivity contribution in [2.24, 2.45) is 0 Å². The maximum atomic E-state index is 12.7. The Kier molecular flexibility index (Phi) is 2.59. The number of nitrogens with one attached hydrogen (secondary N) is 1. The monoisotopic (exact) mass is 210 g/mol. The van der Waals surface area contributed by atoms with Gasteiger partial charge in [0.2, 0.25) is 0 Å². The predicted octanol–water partition coefficient (Wildman–Crippen LogP) is 1.44. The third kappa shape index (κ3) is 1.91. The third-order valence-corrected chi connectivity index (χ3v) is 1.46. The van der Waals surface area contributed by atoms with Crippen molar-refractivity contribution in [3.63, 3.8) is 0 Å². The van der Waals surface area contributed by atoms with E-state index >= 15 is 0 Å². The van der Waals surface area contributed by atoms with E-state index in [1.165, 1.54) is 6.92 Å². The summed E-state index contributed by atoms with van der Waals surface area (Å²) in [5.41, 5.74) is -0.920. The molecule has 1 aromatic heterocycles. The molecule has 0 atom stereocenters. The van der Waals surface area contributed by atoms with Crippen LogP contribution in [0.15, 0.2) is 10.9 Å². The quantitative estimate of drug-likeness (QED) is 0.750. The van der Waals surface area contributed by atoms with Gasteiger partial charge in [-0.15, -0.1) is 0 Å². The molecule has 7 heteroatoms. The topological polar surface area (TPSA) is 45.8 Å². The Morgan fingerprint density at radius 1 is 1.50 bits per heavy atom. The first-order valence-corrected chi connectivity index (χ1v) is 3.58. The van der Waals surface area contributed by atoms with E-state index in [0.29, 0.717) is 0 Å². The van der Waals surface area contributed by atoms with Crippen LogP contribution in [0.5, 0.6) is 0 Å². The zero-order valence-electron chi connectivity index (χ0n) is 7.02. The minimum absolute atomic E-state index is 0.0379. The summed E-state index contributed by atoms with van der Waals surface area (Å²) in [4.78, 5) is 15.4. The number of halogens is 4. The van der Waals surface area contributed by atoms with Crippen LogP contribution in [0.1, 0.15) is 11.5 Å². The van der Waals surface area contributed by atoms with Crippen LogP contribution in [-0.2, 0) is 5.92 Å². The summed E-state index contributed by atoms with van der Waals surface area (Å²) in [7, 11) is 0. The molecule has 14 heavy (non-hydrogen) atoms. The smallest absolute Gasteiger partial charge is 0.305 e. The molecule has 0 aliphatic carbocycles. The molecule has 0 bridgehead atoms. The molecule has 0 spiro atoms. The van der Waals surface area contributed by atoms with E-state index in [2.05, 4.69) is 4.98 Å². The molecule has 0 amide bonds. The number of hydrogen-bond acceptors (Lipinski definition) is 2. The van der Waals surface area contributed by atoms with E-state index in [-0.39, 0.29) is 5.69 Å². The van der Waals surface area contributed by atoms with Gasteiger partial charge < -0.3 is 4.98 Å². The van der Waals surface area contributed by atoms with E-state index in [4.69, 9.17) is 0 Å². The Labute approximate surface area is 75.8 Å². The Hall–Kier alpha value is -1.40. The Bertz CT molecular complexity index is 388. The summed E-state index contributed by atoms with van der Waals surface area (Å²) < 4.78 is 49.0. The number of aromatic nitrogens is 2. The molecular weight excluding hydrogens is 204 g/mol. The zero-order valence-corrected chi connectivity index (χ0v) is 7.02. The number of alkyl halides is 4. The minimum atomic E-state index is -4.43. The summed E-state index contributed by atoms with van der Waals surface area (Å²) in [5, 5.41) is 0. The van der Waals surface area contributed by atoms with Gasteiger partial charge in [-0.3, -0.25) is 4.79 Å². The molecule has 0 saturated carbocycles. The van der Waals surface area contributed by atoms with Crippen LogP contribution in [0.4, 0.5) is 17.6 Å². The molecule has 0 aliphatic heterocycles. The fraction of sp³-hybridized carbons (Fsp3) is 0.429. The molecule has 0 aromatic carbocycles. The number of H-pyrrole nitrogens is 1. The third-order valence-electron chi connectivity index (χ3n) is 1.46. The highest BCUT2D eigenvalue weighted by Crippen LogP contribution is 2.31. The SMILES string of the molecule is Cc1cc(=O)[nH]c(C(F)(F)C(F)F)n1. The van der Waals surface area contributed by atoms with Gasteiger partial charge in [0.1, 0.15) is 0 Å². The number of nitrogens with zero attached hydrogens (tertiary/aromatic N) is 1. The summed E-state index contributed by atoms with van der Waals surface area (Å²) in [5.74, 6) is -5.73. The van der Waals surface area contributed by atoms with E-state index in [0.717, 1.165) is 6.07 Å². The molecular formula is C7H6F4N2O. The average molecular weight is 210 g/mol. The lowest BCUT2D eigenvalue weighted by Crippen LogP contribution is -2.29. The van der Waals surface area contributed by atoms with Gasteiger partial charge in [-0.05, 0) is 6.92 Å². The summed E-state index contributed by atoms with van der Waals surface area (Å²) in [6.07, 6.45) is -3.90. The minimum Gasteiger partial charge on any atom is -0.305 e. The number of aryl methyl sites for hydroxylation is 1. The van der Waals surface area contributed by atoms with Crippen molar-refractivity contribution in [1.29, 1.82) is 0 Å². The first-order chi connectivity index (χ1) is 6.34. The fourth-order valence-electron chi connectivity index (χ4n) is 0.840. The van der Waals surface area contributed by atoms with E-state index in [1.807, 2.05) is 0 Å². The maximum absolute atomic E-state index is 12.7. The molecule has 3 nitrogen and oxygen atoms in total. The Balaban J connectivity index is 3.25. The van der Waals surface area contributed by atoms with Gasteiger partial charge in [0.15, 0.2) is 5.82 Å². The van der Waals surface area contributed by atoms with Gasteiger partial charge in [-0.2, -0.15) is 8.78 Å². The van der Waals surface area contributed by atoms with Crippen LogP contribution in [0.2, 0.25) is 0 Å². The lowest BCUT2D eigenvalue weighted by molar-refractivity contribution is -0.141. The lowest BCUT2D eigenvalue weighted by atomic mass is 10.3. The molecule has 1 N–H and O–H groups in total. The number of hydrogen-bond donors (Lipinski definition) is 1.